The maximum absolute atomic E-state index is 13.3. The number of hydrogen-bond acceptors (Lipinski definition) is 4. The van der Waals surface area contributed by atoms with E-state index in [1.54, 1.807) is 20.0 Å². The molecular formula is C18H21FN2O3S. The van der Waals surface area contributed by atoms with Crippen LogP contribution in [0.3, 0.4) is 0 Å². The van der Waals surface area contributed by atoms with Crippen molar-refractivity contribution in [3.63, 3.8) is 0 Å². The number of aromatic nitrogens is 1. The van der Waals surface area contributed by atoms with Gasteiger partial charge in [-0.1, -0.05) is 24.3 Å². The Kier molecular flexibility index (Phi) is 5.17. The Bertz CT molecular complexity index is 838. The molecule has 1 fully saturated rings. The Morgan fingerprint density at radius 1 is 1.16 bits per heavy atom. The fourth-order valence-corrected chi connectivity index (χ4v) is 3.77. The third-order valence-corrected chi connectivity index (χ3v) is 6.27. The molecule has 0 unspecified atom stereocenters. The molecular weight excluding hydrogens is 343 g/mol. The van der Waals surface area contributed by atoms with Gasteiger partial charge >= 0.3 is 0 Å². The van der Waals surface area contributed by atoms with E-state index in [2.05, 4.69) is 9.71 Å². The van der Waals surface area contributed by atoms with E-state index in [9.17, 15) is 12.8 Å². The van der Waals surface area contributed by atoms with E-state index in [-0.39, 0.29) is 17.8 Å². The van der Waals surface area contributed by atoms with Crippen molar-refractivity contribution in [1.82, 2.24) is 9.71 Å². The molecule has 1 aromatic heterocycles. The second-order valence-electron chi connectivity index (χ2n) is 6.48. The van der Waals surface area contributed by atoms with Gasteiger partial charge in [-0.3, -0.25) is 4.98 Å². The molecule has 0 amide bonds. The molecule has 0 bridgehead atoms. The summed E-state index contributed by atoms with van der Waals surface area (Å²) in [4.78, 5) is 3.86. The molecule has 134 valence electrons. The van der Waals surface area contributed by atoms with Crippen LogP contribution in [0.1, 0.15) is 25.3 Å². The zero-order valence-corrected chi connectivity index (χ0v) is 15.0. The zero-order valence-electron chi connectivity index (χ0n) is 14.1. The Morgan fingerprint density at radius 3 is 2.52 bits per heavy atom. The summed E-state index contributed by atoms with van der Waals surface area (Å²) in [5.74, 6) is -0.429. The van der Waals surface area contributed by atoms with Crippen molar-refractivity contribution in [3.05, 3.63) is 54.1 Å². The first-order valence-electron chi connectivity index (χ1n) is 8.16. The van der Waals surface area contributed by atoms with Crippen LogP contribution in [0.25, 0.3) is 11.1 Å². The second kappa shape index (κ2) is 7.19. The predicted octanol–water partition coefficient (Wildman–Crippen LogP) is 2.70. The standard InChI is InChI=1S/C18H21FN2O3S/c1-12(2)25(22,23)21-18-11-24-10-17(18)14-5-3-13(4-6-14)15-7-16(19)9-20-8-15/h3-9,12,17-18,21H,10-11H2,1-2H3/t17-,18-/m0/s1. The highest BCUT2D eigenvalue weighted by atomic mass is 32.2. The average Bonchev–Trinajstić information content (AvgIpc) is 3.02. The number of sulfonamides is 1. The fraction of sp³-hybridized carbons (Fsp3) is 0.389. The van der Waals surface area contributed by atoms with Gasteiger partial charge in [0, 0.05) is 17.7 Å². The second-order valence-corrected chi connectivity index (χ2v) is 8.74. The molecule has 7 heteroatoms. The van der Waals surface area contributed by atoms with Gasteiger partial charge in [0.25, 0.3) is 0 Å². The highest BCUT2D eigenvalue weighted by molar-refractivity contribution is 7.90. The van der Waals surface area contributed by atoms with Crippen LogP contribution in [-0.2, 0) is 14.8 Å². The Hall–Kier alpha value is -1.83. The molecule has 5 nitrogen and oxygen atoms in total. The lowest BCUT2D eigenvalue weighted by Gasteiger charge is -2.21. The molecule has 2 aromatic rings. The first-order chi connectivity index (χ1) is 11.9. The van der Waals surface area contributed by atoms with Crippen molar-refractivity contribution in [2.75, 3.05) is 13.2 Å². The number of hydrogen-bond donors (Lipinski definition) is 1. The number of ether oxygens (including phenoxy) is 1. The number of rotatable bonds is 5. The van der Waals surface area contributed by atoms with Crippen molar-refractivity contribution >= 4 is 10.0 Å². The minimum atomic E-state index is -3.36. The van der Waals surface area contributed by atoms with Gasteiger partial charge in [-0.2, -0.15) is 0 Å². The van der Waals surface area contributed by atoms with Crippen molar-refractivity contribution in [2.24, 2.45) is 0 Å². The predicted molar refractivity (Wildman–Crippen MR) is 94.2 cm³/mol. The van der Waals surface area contributed by atoms with Gasteiger partial charge in [0.1, 0.15) is 5.82 Å². The summed E-state index contributed by atoms with van der Waals surface area (Å²) in [6, 6.07) is 8.78. The summed E-state index contributed by atoms with van der Waals surface area (Å²) in [5.41, 5.74) is 2.54. The Morgan fingerprint density at radius 2 is 1.88 bits per heavy atom. The summed E-state index contributed by atoms with van der Waals surface area (Å²) < 4.78 is 45.8. The number of pyridine rings is 1. The topological polar surface area (TPSA) is 68.3 Å². The quantitative estimate of drug-likeness (QED) is 0.886. The largest absolute Gasteiger partial charge is 0.379 e. The molecule has 25 heavy (non-hydrogen) atoms. The normalized spacial score (nSPS) is 21.0. The van der Waals surface area contributed by atoms with E-state index in [0.29, 0.717) is 18.8 Å². The molecule has 2 atom stereocenters. The van der Waals surface area contributed by atoms with Crippen LogP contribution < -0.4 is 4.72 Å². The van der Waals surface area contributed by atoms with E-state index in [0.717, 1.165) is 11.1 Å². The molecule has 1 saturated heterocycles. The molecule has 0 radical (unpaired) electrons. The summed E-state index contributed by atoms with van der Waals surface area (Å²) in [7, 11) is -3.36. The first kappa shape index (κ1) is 18.0. The lowest BCUT2D eigenvalue weighted by Crippen LogP contribution is -2.42. The third kappa shape index (κ3) is 4.05. The summed E-state index contributed by atoms with van der Waals surface area (Å²) in [6.45, 7) is 4.11. The van der Waals surface area contributed by atoms with Gasteiger partial charge < -0.3 is 4.74 Å². The number of halogens is 1. The van der Waals surface area contributed by atoms with Gasteiger partial charge in [-0.25, -0.2) is 17.5 Å². The molecule has 2 heterocycles. The average molecular weight is 364 g/mol. The number of benzene rings is 1. The van der Waals surface area contributed by atoms with Gasteiger partial charge in [0.2, 0.25) is 10.0 Å². The van der Waals surface area contributed by atoms with Crippen LogP contribution in [0, 0.1) is 5.82 Å². The maximum Gasteiger partial charge on any atom is 0.214 e. The van der Waals surface area contributed by atoms with E-state index >= 15 is 0 Å². The minimum absolute atomic E-state index is 0.0480. The molecule has 1 aliphatic rings. The van der Waals surface area contributed by atoms with Crippen molar-refractivity contribution in [1.29, 1.82) is 0 Å². The van der Waals surface area contributed by atoms with Crippen molar-refractivity contribution < 1.29 is 17.5 Å². The summed E-state index contributed by atoms with van der Waals surface area (Å²) >= 11 is 0. The number of nitrogens with one attached hydrogen (secondary N) is 1. The number of nitrogens with zero attached hydrogens (tertiary/aromatic N) is 1. The maximum atomic E-state index is 13.3. The van der Waals surface area contributed by atoms with Gasteiger partial charge in [-0.05, 0) is 31.0 Å². The molecule has 0 spiro atoms. The van der Waals surface area contributed by atoms with Crippen LogP contribution in [0.4, 0.5) is 4.39 Å². The third-order valence-electron chi connectivity index (χ3n) is 4.39. The summed E-state index contributed by atoms with van der Waals surface area (Å²) in [5, 5.41) is -0.489. The minimum Gasteiger partial charge on any atom is -0.379 e. The SMILES string of the molecule is CC(C)S(=O)(=O)N[C@H]1COC[C@H]1c1ccc(-c2cncc(F)c2)cc1. The molecule has 0 aliphatic carbocycles. The molecule has 1 N–H and O–H groups in total. The van der Waals surface area contributed by atoms with Crippen LogP contribution >= 0.6 is 0 Å². The summed E-state index contributed by atoms with van der Waals surface area (Å²) in [6.07, 6.45) is 2.77. The van der Waals surface area contributed by atoms with Gasteiger partial charge in [0.05, 0.1) is 30.7 Å². The van der Waals surface area contributed by atoms with Gasteiger partial charge in [-0.15, -0.1) is 0 Å². The lowest BCUT2D eigenvalue weighted by atomic mass is 9.93. The smallest absolute Gasteiger partial charge is 0.214 e. The van der Waals surface area contributed by atoms with Crippen LogP contribution in [0.5, 0.6) is 0 Å². The monoisotopic (exact) mass is 364 g/mol. The van der Waals surface area contributed by atoms with Crippen LogP contribution in [0.2, 0.25) is 0 Å². The fourth-order valence-electron chi connectivity index (χ4n) is 2.84. The molecule has 0 saturated carbocycles. The molecule has 3 rings (SSSR count). The Labute approximate surface area is 147 Å². The van der Waals surface area contributed by atoms with Crippen molar-refractivity contribution in [2.45, 2.75) is 31.1 Å². The van der Waals surface area contributed by atoms with E-state index in [1.807, 2.05) is 24.3 Å². The van der Waals surface area contributed by atoms with Gasteiger partial charge in [0.15, 0.2) is 0 Å². The highest BCUT2D eigenvalue weighted by Gasteiger charge is 2.33. The van der Waals surface area contributed by atoms with Crippen LogP contribution in [0.15, 0.2) is 42.7 Å². The van der Waals surface area contributed by atoms with E-state index in [1.165, 1.54) is 12.3 Å². The zero-order chi connectivity index (χ0) is 18.0. The molecule has 1 aliphatic heterocycles. The Balaban J connectivity index is 1.79. The van der Waals surface area contributed by atoms with Crippen LogP contribution in [-0.4, -0.2) is 37.9 Å². The van der Waals surface area contributed by atoms with E-state index in [4.69, 9.17) is 4.74 Å². The first-order valence-corrected chi connectivity index (χ1v) is 9.71. The highest BCUT2D eigenvalue weighted by Crippen LogP contribution is 2.29. The lowest BCUT2D eigenvalue weighted by molar-refractivity contribution is 0.189. The van der Waals surface area contributed by atoms with Crippen molar-refractivity contribution in [3.8, 4) is 11.1 Å². The van der Waals surface area contributed by atoms with E-state index < -0.39 is 15.3 Å². The molecule has 1 aromatic carbocycles.